The monoisotopic (exact) mass is 467 g/mol. The first-order chi connectivity index (χ1) is 15.4. The molecule has 0 bridgehead atoms. The molecule has 32 heavy (non-hydrogen) atoms. The minimum atomic E-state index is -3.53. The quantitative estimate of drug-likeness (QED) is 0.435. The van der Waals surface area contributed by atoms with Crippen LogP contribution in [0.3, 0.4) is 0 Å². The van der Waals surface area contributed by atoms with E-state index >= 15 is 0 Å². The molecular weight excluding hydrogens is 450 g/mol. The number of anilines is 2. The Bertz CT molecular complexity index is 1330. The van der Waals surface area contributed by atoms with Crippen molar-refractivity contribution in [2.24, 2.45) is 0 Å². The number of amides is 1. The van der Waals surface area contributed by atoms with Crippen LogP contribution in [0.2, 0.25) is 5.02 Å². The Morgan fingerprint density at radius 3 is 2.66 bits per heavy atom. The van der Waals surface area contributed by atoms with Gasteiger partial charge in [-0.3, -0.25) is 10.1 Å². The Kier molecular flexibility index (Phi) is 6.08. The van der Waals surface area contributed by atoms with Crippen LogP contribution in [0.25, 0.3) is 11.4 Å². The third-order valence-corrected chi connectivity index (χ3v) is 7.05. The van der Waals surface area contributed by atoms with Gasteiger partial charge < -0.3 is 5.32 Å². The number of carbonyl (C=O) groups is 1. The van der Waals surface area contributed by atoms with E-state index in [4.69, 9.17) is 16.9 Å². The van der Waals surface area contributed by atoms with E-state index in [0.29, 0.717) is 46.2 Å². The minimum absolute atomic E-state index is 0.0431. The molecule has 1 amide bonds. The topological polar surface area (TPSA) is 125 Å². The fourth-order valence-electron chi connectivity index (χ4n) is 3.50. The highest BCUT2D eigenvalue weighted by atomic mass is 35.5. The molecule has 0 spiro atoms. The maximum Gasteiger partial charge on any atom is 0.237 e. The van der Waals surface area contributed by atoms with E-state index in [1.165, 1.54) is 0 Å². The molecule has 0 fully saturated rings. The Hall–Kier alpha value is -3.48. The normalized spacial score (nSPS) is 14.1. The van der Waals surface area contributed by atoms with Gasteiger partial charge in [0.15, 0.2) is 27.7 Å². The number of nitriles is 1. The van der Waals surface area contributed by atoms with E-state index in [-0.39, 0.29) is 22.9 Å². The number of nitrogens with zero attached hydrogens (tertiary/aromatic N) is 3. The summed E-state index contributed by atoms with van der Waals surface area (Å²) in [7, 11) is -3.53. The third-order valence-electron chi connectivity index (χ3n) is 4.93. The zero-order chi connectivity index (χ0) is 22.7. The molecule has 8 nitrogen and oxygen atoms in total. The molecule has 10 heteroatoms. The van der Waals surface area contributed by atoms with Gasteiger partial charge in [0.05, 0.1) is 17.9 Å². The van der Waals surface area contributed by atoms with Crippen molar-refractivity contribution in [1.82, 2.24) is 15.3 Å². The number of carbonyl (C=O) groups excluding carboxylic acids is 1. The number of aromatic nitrogens is 2. The van der Waals surface area contributed by atoms with Crippen molar-refractivity contribution in [1.29, 1.82) is 5.26 Å². The smallest absolute Gasteiger partial charge is 0.237 e. The van der Waals surface area contributed by atoms with E-state index in [0.717, 1.165) is 0 Å². The van der Waals surface area contributed by atoms with E-state index in [2.05, 4.69) is 20.6 Å². The molecule has 3 aromatic rings. The summed E-state index contributed by atoms with van der Waals surface area (Å²) < 4.78 is 25.6. The number of rotatable bonds is 5. The number of nitrogens with one attached hydrogen (secondary N) is 2. The zero-order valence-electron chi connectivity index (χ0n) is 16.8. The molecule has 0 aliphatic carbocycles. The molecule has 1 aromatic heterocycles. The van der Waals surface area contributed by atoms with E-state index < -0.39 is 15.7 Å². The summed E-state index contributed by atoms with van der Waals surface area (Å²) in [6.07, 6.45) is 2.69. The van der Waals surface area contributed by atoms with Gasteiger partial charge in [-0.05, 0) is 42.7 Å². The van der Waals surface area contributed by atoms with Crippen LogP contribution in [0.4, 0.5) is 11.5 Å². The van der Waals surface area contributed by atoms with Gasteiger partial charge in [-0.15, -0.1) is 0 Å². The Morgan fingerprint density at radius 2 is 1.94 bits per heavy atom. The largest absolute Gasteiger partial charge is 0.339 e. The summed E-state index contributed by atoms with van der Waals surface area (Å²) >= 11 is 6.11. The van der Waals surface area contributed by atoms with Crippen molar-refractivity contribution < 1.29 is 13.2 Å². The second-order valence-corrected chi connectivity index (χ2v) is 9.75. The molecule has 162 valence electrons. The van der Waals surface area contributed by atoms with Gasteiger partial charge in [-0.25, -0.2) is 18.4 Å². The van der Waals surface area contributed by atoms with Gasteiger partial charge in [0.1, 0.15) is 4.90 Å². The molecule has 0 radical (unpaired) electrons. The number of halogens is 1. The lowest BCUT2D eigenvalue weighted by atomic mass is 10.1. The molecule has 1 aliphatic rings. The van der Waals surface area contributed by atoms with Crippen molar-refractivity contribution in [3.63, 3.8) is 0 Å². The lowest BCUT2D eigenvalue weighted by molar-refractivity contribution is -0.119. The SMILES string of the molecule is N#CNC(=O)Cc1ccc(Nc2nc(-c3cccc(Cl)c3)nc3c2S(=O)(=O)CCC3)cc1. The van der Waals surface area contributed by atoms with E-state index in [9.17, 15) is 13.2 Å². The van der Waals surface area contributed by atoms with Crippen molar-refractivity contribution in [3.8, 4) is 17.6 Å². The highest BCUT2D eigenvalue weighted by molar-refractivity contribution is 7.91. The van der Waals surface area contributed by atoms with Gasteiger partial charge in [-0.1, -0.05) is 35.9 Å². The first-order valence-electron chi connectivity index (χ1n) is 9.79. The van der Waals surface area contributed by atoms with Crippen LogP contribution < -0.4 is 10.6 Å². The van der Waals surface area contributed by atoms with E-state index in [1.807, 2.05) is 6.07 Å². The minimum Gasteiger partial charge on any atom is -0.339 e. The van der Waals surface area contributed by atoms with Crippen LogP contribution in [0.1, 0.15) is 17.7 Å². The zero-order valence-corrected chi connectivity index (χ0v) is 18.4. The van der Waals surface area contributed by atoms with Crippen LogP contribution in [0.5, 0.6) is 0 Å². The number of hydrogen-bond donors (Lipinski definition) is 2. The fourth-order valence-corrected chi connectivity index (χ4v) is 5.32. The van der Waals surface area contributed by atoms with E-state index in [1.54, 1.807) is 48.7 Å². The molecule has 0 atom stereocenters. The van der Waals surface area contributed by atoms with Crippen LogP contribution in [-0.2, 0) is 27.5 Å². The molecule has 2 aromatic carbocycles. The fraction of sp³-hybridized carbons (Fsp3) is 0.182. The average Bonchev–Trinajstić information content (AvgIpc) is 2.74. The molecule has 0 saturated heterocycles. The maximum absolute atomic E-state index is 12.8. The van der Waals surface area contributed by atoms with Crippen LogP contribution in [-0.4, -0.2) is 30.0 Å². The summed E-state index contributed by atoms with van der Waals surface area (Å²) in [5.41, 5.74) is 2.48. The lowest BCUT2D eigenvalue weighted by Crippen LogP contribution is -2.21. The average molecular weight is 468 g/mol. The molecule has 0 saturated carbocycles. The second-order valence-electron chi connectivity index (χ2n) is 7.26. The van der Waals surface area contributed by atoms with Gasteiger partial charge in [0, 0.05) is 16.3 Å². The Morgan fingerprint density at radius 1 is 1.16 bits per heavy atom. The third kappa shape index (κ3) is 4.72. The highest BCUT2D eigenvalue weighted by Crippen LogP contribution is 2.33. The number of benzene rings is 2. The van der Waals surface area contributed by atoms with Gasteiger partial charge >= 0.3 is 0 Å². The first kappa shape index (κ1) is 21.7. The molecule has 2 N–H and O–H groups in total. The summed E-state index contributed by atoms with van der Waals surface area (Å²) in [4.78, 5) is 20.7. The van der Waals surface area contributed by atoms with Gasteiger partial charge in [0.2, 0.25) is 5.91 Å². The lowest BCUT2D eigenvalue weighted by Gasteiger charge is -2.20. The summed E-state index contributed by atoms with van der Waals surface area (Å²) in [5.74, 6) is 0.229. The van der Waals surface area contributed by atoms with Crippen molar-refractivity contribution in [3.05, 3.63) is 64.8 Å². The molecule has 0 unspecified atom stereocenters. The summed E-state index contributed by atoms with van der Waals surface area (Å²) in [6.45, 7) is 0. The standard InChI is InChI=1S/C22H18ClN5O3S/c23-16-4-1-3-15(12-16)21-27-18-5-2-10-32(30,31)20(18)22(28-21)26-17-8-6-14(7-9-17)11-19(29)25-13-24/h1,3-4,6-9,12H,2,5,10-11H2,(H,25,29)(H,26,27,28). The first-order valence-corrected chi connectivity index (χ1v) is 11.8. The van der Waals surface area contributed by atoms with Crippen molar-refractivity contribution in [2.45, 2.75) is 24.2 Å². The highest BCUT2D eigenvalue weighted by Gasteiger charge is 2.30. The van der Waals surface area contributed by atoms with Crippen LogP contribution in [0.15, 0.2) is 53.4 Å². The Balaban J connectivity index is 1.72. The predicted molar refractivity (Wildman–Crippen MR) is 120 cm³/mol. The van der Waals surface area contributed by atoms with Gasteiger partial charge in [0.25, 0.3) is 0 Å². The molecule has 1 aliphatic heterocycles. The molecular formula is C22H18ClN5O3S. The second kappa shape index (κ2) is 8.94. The van der Waals surface area contributed by atoms with Crippen LogP contribution in [0, 0.1) is 11.5 Å². The number of hydrogen-bond acceptors (Lipinski definition) is 7. The molecule has 2 heterocycles. The number of fused-ring (bicyclic) bond motifs is 1. The maximum atomic E-state index is 12.8. The molecule has 4 rings (SSSR count). The number of aryl methyl sites for hydroxylation is 1. The number of sulfone groups is 1. The summed E-state index contributed by atoms with van der Waals surface area (Å²) in [5, 5.41) is 14.2. The predicted octanol–water partition coefficient (Wildman–Crippen LogP) is 3.40. The van der Waals surface area contributed by atoms with Gasteiger partial charge in [-0.2, -0.15) is 5.26 Å². The van der Waals surface area contributed by atoms with Crippen molar-refractivity contribution in [2.75, 3.05) is 11.1 Å². The summed E-state index contributed by atoms with van der Waals surface area (Å²) in [6, 6.07) is 14.0. The van der Waals surface area contributed by atoms with Crippen molar-refractivity contribution >= 4 is 38.9 Å². The Labute approximate surface area is 190 Å². The van der Waals surface area contributed by atoms with Crippen LogP contribution >= 0.6 is 11.6 Å².